The summed E-state index contributed by atoms with van der Waals surface area (Å²) in [5.41, 5.74) is 1.17. The highest BCUT2D eigenvalue weighted by molar-refractivity contribution is 7.92. The van der Waals surface area contributed by atoms with E-state index in [1.807, 2.05) is 30.3 Å². The summed E-state index contributed by atoms with van der Waals surface area (Å²) in [4.78, 5) is 12.4. The predicted octanol–water partition coefficient (Wildman–Crippen LogP) is 4.96. The SMILES string of the molecule is CS(=O)(=O)N(CCCC(=O)Nc1ccc(S(=O)(=O)Nc2cccc3ccccc23)cc1)c1ccc(F)cc1. The Bertz CT molecular complexity index is 1650. The second-order valence-corrected chi connectivity index (χ2v) is 12.2. The van der Waals surface area contributed by atoms with E-state index in [9.17, 15) is 26.0 Å². The summed E-state index contributed by atoms with van der Waals surface area (Å²) in [5, 5.41) is 4.36. The minimum atomic E-state index is -3.87. The smallest absolute Gasteiger partial charge is 0.261 e. The van der Waals surface area contributed by atoms with Gasteiger partial charge in [0.05, 0.1) is 22.5 Å². The van der Waals surface area contributed by atoms with E-state index < -0.39 is 25.9 Å². The van der Waals surface area contributed by atoms with E-state index in [0.717, 1.165) is 21.3 Å². The van der Waals surface area contributed by atoms with Crippen LogP contribution in [0.4, 0.5) is 21.5 Å². The topological polar surface area (TPSA) is 113 Å². The van der Waals surface area contributed by atoms with Gasteiger partial charge >= 0.3 is 0 Å². The number of anilines is 3. The van der Waals surface area contributed by atoms with Crippen molar-refractivity contribution in [3.8, 4) is 0 Å². The van der Waals surface area contributed by atoms with E-state index in [-0.39, 0.29) is 30.2 Å². The lowest BCUT2D eigenvalue weighted by Gasteiger charge is -2.22. The molecular weight excluding hydrogens is 529 g/mol. The van der Waals surface area contributed by atoms with Crippen molar-refractivity contribution in [3.05, 3.63) is 96.8 Å². The molecule has 0 fully saturated rings. The molecule has 4 aromatic carbocycles. The second kappa shape index (κ2) is 11.2. The number of hydrogen-bond donors (Lipinski definition) is 2. The first-order valence-corrected chi connectivity index (χ1v) is 15.0. The quantitative estimate of drug-likeness (QED) is 0.287. The molecule has 0 bridgehead atoms. The maximum absolute atomic E-state index is 13.2. The number of fused-ring (bicyclic) bond motifs is 1. The third-order valence-electron chi connectivity index (χ3n) is 5.76. The van der Waals surface area contributed by atoms with Gasteiger partial charge in [-0.2, -0.15) is 0 Å². The number of nitrogens with one attached hydrogen (secondary N) is 2. The van der Waals surface area contributed by atoms with Crippen molar-refractivity contribution in [2.24, 2.45) is 0 Å². The van der Waals surface area contributed by atoms with Gasteiger partial charge in [0, 0.05) is 24.0 Å². The first-order valence-electron chi connectivity index (χ1n) is 11.7. The van der Waals surface area contributed by atoms with E-state index in [1.165, 1.54) is 48.5 Å². The zero-order valence-corrected chi connectivity index (χ0v) is 22.1. The van der Waals surface area contributed by atoms with Gasteiger partial charge < -0.3 is 5.32 Å². The van der Waals surface area contributed by atoms with Crippen LogP contribution >= 0.6 is 0 Å². The Morgan fingerprint density at radius 1 is 0.842 bits per heavy atom. The van der Waals surface area contributed by atoms with Crippen LogP contribution in [0, 0.1) is 5.82 Å². The Hall–Kier alpha value is -3.96. The van der Waals surface area contributed by atoms with Crippen LogP contribution in [0.5, 0.6) is 0 Å². The Kier molecular flexibility index (Phi) is 7.98. The summed E-state index contributed by atoms with van der Waals surface area (Å²) in [6, 6.07) is 23.6. The van der Waals surface area contributed by atoms with E-state index in [1.54, 1.807) is 12.1 Å². The summed E-state index contributed by atoms with van der Waals surface area (Å²) in [5.74, 6) is -0.841. The number of benzene rings is 4. The molecular formula is C27H26FN3O5S2. The van der Waals surface area contributed by atoms with E-state index in [0.29, 0.717) is 17.1 Å². The van der Waals surface area contributed by atoms with Crippen molar-refractivity contribution in [2.75, 3.05) is 27.1 Å². The number of hydrogen-bond acceptors (Lipinski definition) is 5. The van der Waals surface area contributed by atoms with Crippen LogP contribution in [0.3, 0.4) is 0 Å². The molecule has 1 amide bonds. The summed E-state index contributed by atoms with van der Waals surface area (Å²) in [6.45, 7) is 0.0366. The molecule has 2 N–H and O–H groups in total. The molecule has 4 aromatic rings. The molecule has 0 heterocycles. The average molecular weight is 556 g/mol. The lowest BCUT2D eigenvalue weighted by atomic mass is 10.1. The van der Waals surface area contributed by atoms with Crippen LogP contribution in [0.25, 0.3) is 10.8 Å². The van der Waals surface area contributed by atoms with Gasteiger partial charge in [-0.05, 0) is 66.4 Å². The lowest BCUT2D eigenvalue weighted by molar-refractivity contribution is -0.116. The van der Waals surface area contributed by atoms with E-state index in [4.69, 9.17) is 0 Å². The first-order chi connectivity index (χ1) is 18.0. The van der Waals surface area contributed by atoms with Crippen LogP contribution in [0.2, 0.25) is 0 Å². The van der Waals surface area contributed by atoms with Crippen LogP contribution in [0.15, 0.2) is 95.9 Å². The number of nitrogens with zero attached hydrogens (tertiary/aromatic N) is 1. The fourth-order valence-electron chi connectivity index (χ4n) is 3.94. The molecule has 0 aliphatic carbocycles. The van der Waals surface area contributed by atoms with Gasteiger partial charge in [0.25, 0.3) is 10.0 Å². The molecule has 0 radical (unpaired) electrons. The maximum atomic E-state index is 13.2. The van der Waals surface area contributed by atoms with Crippen LogP contribution in [-0.2, 0) is 24.8 Å². The highest BCUT2D eigenvalue weighted by atomic mass is 32.2. The van der Waals surface area contributed by atoms with Crippen LogP contribution in [-0.4, -0.2) is 35.5 Å². The standard InChI is InChI=1S/C27H26FN3O5S2/c1-37(33,34)31(23-15-11-21(28)12-16-23)19-5-10-27(32)29-22-13-17-24(18-14-22)38(35,36)30-26-9-4-7-20-6-2-3-8-25(20)26/h2-4,6-9,11-18,30H,5,10,19H2,1H3,(H,29,32). The number of carbonyl (C=O) groups excluding carboxylic acids is 1. The van der Waals surface area contributed by atoms with Gasteiger partial charge in [-0.3, -0.25) is 13.8 Å². The van der Waals surface area contributed by atoms with E-state index >= 15 is 0 Å². The fourth-order valence-corrected chi connectivity index (χ4v) is 5.98. The van der Waals surface area contributed by atoms with Crippen molar-refractivity contribution in [1.29, 1.82) is 0 Å². The van der Waals surface area contributed by atoms with Gasteiger partial charge in [-0.25, -0.2) is 21.2 Å². The Morgan fingerprint density at radius 3 is 2.18 bits per heavy atom. The average Bonchev–Trinajstić information content (AvgIpc) is 2.87. The minimum Gasteiger partial charge on any atom is -0.326 e. The molecule has 0 aliphatic heterocycles. The number of halogens is 1. The summed E-state index contributed by atoms with van der Waals surface area (Å²) in [7, 11) is -7.49. The zero-order valence-electron chi connectivity index (χ0n) is 20.5. The number of amides is 1. The van der Waals surface area contributed by atoms with Crippen LogP contribution < -0.4 is 14.3 Å². The number of carbonyl (C=O) groups is 1. The third kappa shape index (κ3) is 6.67. The molecule has 0 saturated carbocycles. The van der Waals surface area contributed by atoms with Gasteiger partial charge in [-0.15, -0.1) is 0 Å². The highest BCUT2D eigenvalue weighted by Gasteiger charge is 2.18. The van der Waals surface area contributed by atoms with Crippen molar-refractivity contribution in [2.45, 2.75) is 17.7 Å². The van der Waals surface area contributed by atoms with E-state index in [2.05, 4.69) is 10.0 Å². The molecule has 0 unspecified atom stereocenters. The predicted molar refractivity (Wildman–Crippen MR) is 148 cm³/mol. The van der Waals surface area contributed by atoms with Crippen molar-refractivity contribution in [1.82, 2.24) is 0 Å². The molecule has 0 aromatic heterocycles. The molecule has 4 rings (SSSR count). The molecule has 38 heavy (non-hydrogen) atoms. The second-order valence-electron chi connectivity index (χ2n) is 8.62. The first kappa shape index (κ1) is 27.1. The van der Waals surface area contributed by atoms with Gasteiger partial charge in [-0.1, -0.05) is 36.4 Å². The monoisotopic (exact) mass is 555 g/mol. The van der Waals surface area contributed by atoms with Gasteiger partial charge in [0.1, 0.15) is 5.82 Å². The fraction of sp³-hybridized carbons (Fsp3) is 0.148. The van der Waals surface area contributed by atoms with Gasteiger partial charge in [0.2, 0.25) is 15.9 Å². The maximum Gasteiger partial charge on any atom is 0.261 e. The number of sulfonamides is 2. The van der Waals surface area contributed by atoms with Crippen molar-refractivity contribution >= 4 is 53.8 Å². The largest absolute Gasteiger partial charge is 0.326 e. The van der Waals surface area contributed by atoms with Crippen molar-refractivity contribution in [3.63, 3.8) is 0 Å². The molecule has 0 aliphatic rings. The minimum absolute atomic E-state index is 0.0237. The molecule has 11 heteroatoms. The Morgan fingerprint density at radius 2 is 1.50 bits per heavy atom. The lowest BCUT2D eigenvalue weighted by Crippen LogP contribution is -2.31. The van der Waals surface area contributed by atoms with Gasteiger partial charge in [0.15, 0.2) is 0 Å². The van der Waals surface area contributed by atoms with Crippen molar-refractivity contribution < 1.29 is 26.0 Å². The zero-order chi connectivity index (χ0) is 27.3. The molecule has 8 nitrogen and oxygen atoms in total. The Balaban J connectivity index is 1.36. The summed E-state index contributed by atoms with van der Waals surface area (Å²) in [6.07, 6.45) is 1.29. The highest BCUT2D eigenvalue weighted by Crippen LogP contribution is 2.26. The third-order valence-corrected chi connectivity index (χ3v) is 8.34. The van der Waals surface area contributed by atoms with Crippen LogP contribution in [0.1, 0.15) is 12.8 Å². The normalized spacial score (nSPS) is 11.7. The molecule has 0 saturated heterocycles. The Labute approximate surface area is 221 Å². The molecule has 0 spiro atoms. The summed E-state index contributed by atoms with van der Waals surface area (Å²) < 4.78 is 67.1. The molecule has 198 valence electrons. The summed E-state index contributed by atoms with van der Waals surface area (Å²) >= 11 is 0. The molecule has 0 atom stereocenters. The number of rotatable bonds is 10.